The Morgan fingerprint density at radius 1 is 1.38 bits per heavy atom. The molecule has 0 saturated carbocycles. The van der Waals surface area contributed by atoms with Crippen LogP contribution in [0.5, 0.6) is 0 Å². The van der Waals surface area contributed by atoms with Crippen LogP contribution in [0.25, 0.3) is 0 Å². The van der Waals surface area contributed by atoms with Gasteiger partial charge in [0, 0.05) is 0 Å². The van der Waals surface area contributed by atoms with E-state index in [0.717, 1.165) is 6.26 Å². The number of aliphatic hydroxyl groups excluding tert-OH is 1. The first-order valence-corrected chi connectivity index (χ1v) is 1.68. The maximum atomic E-state index is 6.88. The average Bonchev–Trinajstić information content (AvgIpc) is 2.17. The molecule has 1 heterocycles. The minimum Gasteiger partial charge on any atom is -0.443 e. The Hall–Kier alpha value is -1.51. The molecule has 0 aromatic carbocycles. The van der Waals surface area contributed by atoms with Gasteiger partial charge in [0.25, 0.3) is 6.26 Å². The Morgan fingerprint density at radius 2 is 1.75 bits per heavy atom. The number of nitrogens with zero attached hydrogens (tertiary/aromatic N) is 5. The summed E-state index contributed by atoms with van der Waals surface area (Å²) in [6.45, 7) is 0.417. The van der Waals surface area contributed by atoms with Crippen LogP contribution in [0, 0.1) is 11.5 Å². The molecule has 0 bridgehead atoms. The fourth-order valence-corrected chi connectivity index (χ4v) is 0.141. The second kappa shape index (κ2) is 5.49. The van der Waals surface area contributed by atoms with Crippen LogP contribution in [-0.4, -0.2) is 11.8 Å². The molecule has 42 valence electrons. The van der Waals surface area contributed by atoms with Crippen molar-refractivity contribution in [2.45, 2.75) is 0 Å². The van der Waals surface area contributed by atoms with E-state index >= 15 is 0 Å². The first-order valence-electron chi connectivity index (χ1n) is 1.68. The SMILES string of the molecule is C1N=NN=N1.N#CO. The molecule has 0 aliphatic carbocycles. The number of nitriles is 1. The summed E-state index contributed by atoms with van der Waals surface area (Å²) in [5.74, 6) is 0. The van der Waals surface area contributed by atoms with Gasteiger partial charge in [0.2, 0.25) is 0 Å². The molecule has 6 nitrogen and oxygen atoms in total. The van der Waals surface area contributed by atoms with Crippen LogP contribution in [0.4, 0.5) is 0 Å². The van der Waals surface area contributed by atoms with Crippen molar-refractivity contribution in [3.05, 3.63) is 0 Å². The van der Waals surface area contributed by atoms with Crippen LogP contribution in [0.3, 0.4) is 0 Å². The fraction of sp³-hybridized carbons (Fsp3) is 0.500. The summed E-state index contributed by atoms with van der Waals surface area (Å²) in [5, 5.41) is 26.8. The van der Waals surface area contributed by atoms with Gasteiger partial charge in [-0.25, -0.2) is 0 Å². The van der Waals surface area contributed by atoms with Gasteiger partial charge in [0.05, 0.1) is 0 Å². The molecular formula is C2H3N5O. The van der Waals surface area contributed by atoms with E-state index in [4.69, 9.17) is 10.4 Å². The maximum absolute atomic E-state index is 6.88. The van der Waals surface area contributed by atoms with E-state index in [9.17, 15) is 0 Å². The van der Waals surface area contributed by atoms with Gasteiger partial charge in [-0.05, 0) is 10.4 Å². The van der Waals surface area contributed by atoms with E-state index in [-0.39, 0.29) is 0 Å². The topological polar surface area (TPSA) is 93.5 Å². The second-order valence-corrected chi connectivity index (χ2v) is 0.703. The summed E-state index contributed by atoms with van der Waals surface area (Å²) >= 11 is 0. The number of hydrogen-bond acceptors (Lipinski definition) is 6. The van der Waals surface area contributed by atoms with E-state index < -0.39 is 0 Å². The lowest BCUT2D eigenvalue weighted by Crippen LogP contribution is -1.52. The third kappa shape index (κ3) is 4.49. The first kappa shape index (κ1) is 6.49. The van der Waals surface area contributed by atoms with Crippen molar-refractivity contribution in [1.82, 2.24) is 0 Å². The molecule has 0 unspecified atom stereocenters. The van der Waals surface area contributed by atoms with E-state index in [1.165, 1.54) is 0 Å². The zero-order valence-electron chi connectivity index (χ0n) is 3.89. The van der Waals surface area contributed by atoms with Crippen molar-refractivity contribution in [1.29, 1.82) is 5.26 Å². The third-order valence-corrected chi connectivity index (χ3v) is 0.293. The smallest absolute Gasteiger partial charge is 0.283 e. The zero-order valence-corrected chi connectivity index (χ0v) is 3.89. The molecule has 0 atom stereocenters. The highest BCUT2D eigenvalue weighted by Crippen LogP contribution is 1.87. The standard InChI is InChI=1S/CH2N4.CHNO/c1-2-4-5-3-1;2-1-3/h1H2;3H. The summed E-state index contributed by atoms with van der Waals surface area (Å²) in [4.78, 5) is 0. The first-order chi connectivity index (χ1) is 3.91. The Morgan fingerprint density at radius 3 is 1.88 bits per heavy atom. The minimum absolute atomic E-state index is 0.417. The highest BCUT2D eigenvalue weighted by Gasteiger charge is 1.76. The molecule has 0 spiro atoms. The lowest BCUT2D eigenvalue weighted by Gasteiger charge is -1.52. The average molecular weight is 113 g/mol. The maximum Gasteiger partial charge on any atom is 0.283 e. The van der Waals surface area contributed by atoms with Crippen molar-refractivity contribution >= 4 is 0 Å². The van der Waals surface area contributed by atoms with E-state index in [1.807, 2.05) is 0 Å². The van der Waals surface area contributed by atoms with Crippen molar-refractivity contribution in [3.8, 4) is 6.26 Å². The van der Waals surface area contributed by atoms with Crippen molar-refractivity contribution in [2.24, 2.45) is 20.7 Å². The highest BCUT2D eigenvalue weighted by atomic mass is 16.2. The van der Waals surface area contributed by atoms with Gasteiger partial charge in [-0.15, -0.1) is 10.2 Å². The van der Waals surface area contributed by atoms with Gasteiger partial charge in [0.15, 0.2) is 6.67 Å². The fourth-order valence-electron chi connectivity index (χ4n) is 0.141. The molecule has 8 heavy (non-hydrogen) atoms. The summed E-state index contributed by atoms with van der Waals surface area (Å²) < 4.78 is 0. The quantitative estimate of drug-likeness (QED) is 0.466. The Bertz CT molecular complexity index is 122. The van der Waals surface area contributed by atoms with Gasteiger partial charge in [0.1, 0.15) is 0 Å². The van der Waals surface area contributed by atoms with Crippen molar-refractivity contribution in [3.63, 3.8) is 0 Å². The number of hydrogen-bond donors (Lipinski definition) is 1. The van der Waals surface area contributed by atoms with Crippen LogP contribution in [-0.2, 0) is 0 Å². The lowest BCUT2D eigenvalue weighted by molar-refractivity contribution is 0.503. The minimum atomic E-state index is 0.417. The highest BCUT2D eigenvalue weighted by molar-refractivity contribution is 4.31. The molecule has 0 aromatic rings. The number of rotatable bonds is 0. The molecule has 1 aliphatic rings. The van der Waals surface area contributed by atoms with Gasteiger partial charge < -0.3 is 5.11 Å². The third-order valence-electron chi connectivity index (χ3n) is 0.293. The summed E-state index contributed by atoms with van der Waals surface area (Å²) in [5.41, 5.74) is 0. The lowest BCUT2D eigenvalue weighted by atomic mass is 11.2. The summed E-state index contributed by atoms with van der Waals surface area (Å²) in [6, 6.07) is 0. The Balaban J connectivity index is 0.000000145. The monoisotopic (exact) mass is 113 g/mol. The second-order valence-electron chi connectivity index (χ2n) is 0.703. The van der Waals surface area contributed by atoms with Gasteiger partial charge in [-0.2, -0.15) is 5.26 Å². The Labute approximate surface area is 45.2 Å². The molecule has 0 aromatic heterocycles. The van der Waals surface area contributed by atoms with E-state index in [0.29, 0.717) is 6.67 Å². The van der Waals surface area contributed by atoms with Crippen molar-refractivity contribution < 1.29 is 5.11 Å². The van der Waals surface area contributed by atoms with E-state index in [2.05, 4.69) is 20.7 Å². The molecular weight excluding hydrogens is 110 g/mol. The predicted octanol–water partition coefficient (Wildman–Crippen LogP) is 0.617. The van der Waals surface area contributed by atoms with Gasteiger partial charge in [-0.3, -0.25) is 0 Å². The largest absolute Gasteiger partial charge is 0.443 e. The van der Waals surface area contributed by atoms with Crippen LogP contribution in [0.1, 0.15) is 0 Å². The summed E-state index contributed by atoms with van der Waals surface area (Å²) in [7, 11) is 0. The zero-order chi connectivity index (χ0) is 6.24. The van der Waals surface area contributed by atoms with Gasteiger partial charge >= 0.3 is 0 Å². The van der Waals surface area contributed by atoms with Crippen LogP contribution >= 0.6 is 0 Å². The van der Waals surface area contributed by atoms with Crippen LogP contribution in [0.2, 0.25) is 0 Å². The molecule has 1 aliphatic heterocycles. The van der Waals surface area contributed by atoms with Gasteiger partial charge in [-0.1, -0.05) is 0 Å². The normalized spacial score (nSPS) is 11.9. The molecule has 0 amide bonds. The molecule has 0 radical (unpaired) electrons. The summed E-state index contributed by atoms with van der Waals surface area (Å²) in [6.07, 6.45) is 0.750. The van der Waals surface area contributed by atoms with Crippen LogP contribution < -0.4 is 0 Å². The molecule has 0 saturated heterocycles. The predicted molar refractivity (Wildman–Crippen MR) is 22.1 cm³/mol. The molecule has 6 heteroatoms. The van der Waals surface area contributed by atoms with E-state index in [1.54, 1.807) is 0 Å². The molecule has 0 fully saturated rings. The Kier molecular flexibility index (Phi) is 4.45. The number of aliphatic hydroxyl groups is 1. The van der Waals surface area contributed by atoms with Crippen molar-refractivity contribution in [2.75, 3.05) is 6.67 Å². The molecule has 1 N–H and O–H groups in total. The molecule has 1 rings (SSSR count). The van der Waals surface area contributed by atoms with Crippen LogP contribution in [0.15, 0.2) is 20.7 Å².